The molecule has 1 aliphatic heterocycles. The van der Waals surface area contributed by atoms with E-state index >= 15 is 0 Å². The standard InChI is InChI=1S/C18H19N3O4/c1-24-8-9-25-17-7-6-12(11-19-17)20-18(23)14-10-16(22)21-15-5-3-2-4-13(14)15/h2-7,11,14H,8-10H2,1H3,(H,20,23)(H,21,22)/t14-/m0/s1. The van der Waals surface area contributed by atoms with Crippen molar-refractivity contribution < 1.29 is 19.1 Å². The second kappa shape index (κ2) is 7.76. The molecule has 0 saturated heterocycles. The number of carbonyl (C=O) groups excluding carboxylic acids is 2. The molecule has 2 aromatic rings. The number of aromatic nitrogens is 1. The van der Waals surface area contributed by atoms with Crippen molar-refractivity contribution in [3.8, 4) is 5.88 Å². The number of methoxy groups -OCH3 is 1. The van der Waals surface area contributed by atoms with Crippen LogP contribution in [0.25, 0.3) is 0 Å². The Morgan fingerprint density at radius 1 is 1.28 bits per heavy atom. The summed E-state index contributed by atoms with van der Waals surface area (Å²) in [6.45, 7) is 0.881. The molecule has 0 saturated carbocycles. The fraction of sp³-hybridized carbons (Fsp3) is 0.278. The van der Waals surface area contributed by atoms with Gasteiger partial charge in [-0.25, -0.2) is 4.98 Å². The van der Waals surface area contributed by atoms with Gasteiger partial charge in [0.15, 0.2) is 0 Å². The maximum Gasteiger partial charge on any atom is 0.232 e. The Kier molecular flexibility index (Phi) is 5.25. The van der Waals surface area contributed by atoms with Crippen LogP contribution in [0.5, 0.6) is 5.88 Å². The lowest BCUT2D eigenvalue weighted by Crippen LogP contribution is -2.30. The summed E-state index contributed by atoms with van der Waals surface area (Å²) in [4.78, 5) is 28.6. The van der Waals surface area contributed by atoms with Gasteiger partial charge in [-0.1, -0.05) is 18.2 Å². The Balaban J connectivity index is 1.67. The van der Waals surface area contributed by atoms with Crippen molar-refractivity contribution in [2.45, 2.75) is 12.3 Å². The van der Waals surface area contributed by atoms with E-state index in [1.807, 2.05) is 18.2 Å². The molecule has 0 bridgehead atoms. The van der Waals surface area contributed by atoms with Gasteiger partial charge in [-0.15, -0.1) is 0 Å². The molecule has 25 heavy (non-hydrogen) atoms. The molecule has 0 fully saturated rings. The molecule has 7 heteroatoms. The lowest BCUT2D eigenvalue weighted by Gasteiger charge is -2.24. The van der Waals surface area contributed by atoms with Gasteiger partial charge in [0.1, 0.15) is 6.61 Å². The van der Waals surface area contributed by atoms with Gasteiger partial charge in [0, 0.05) is 25.3 Å². The number of benzene rings is 1. The molecule has 0 radical (unpaired) electrons. The molecule has 0 spiro atoms. The number of para-hydroxylation sites is 1. The zero-order valence-electron chi connectivity index (χ0n) is 13.8. The van der Waals surface area contributed by atoms with Crippen LogP contribution in [0.15, 0.2) is 42.6 Å². The highest BCUT2D eigenvalue weighted by molar-refractivity contribution is 6.05. The topological polar surface area (TPSA) is 89.5 Å². The van der Waals surface area contributed by atoms with E-state index in [2.05, 4.69) is 15.6 Å². The third-order valence-corrected chi connectivity index (χ3v) is 3.86. The summed E-state index contributed by atoms with van der Waals surface area (Å²) < 4.78 is 10.3. The molecule has 1 atom stereocenters. The minimum atomic E-state index is -0.525. The zero-order chi connectivity index (χ0) is 17.6. The number of nitrogens with zero attached hydrogens (tertiary/aromatic N) is 1. The van der Waals surface area contributed by atoms with E-state index in [4.69, 9.17) is 9.47 Å². The molecule has 0 unspecified atom stereocenters. The number of hydrogen-bond donors (Lipinski definition) is 2. The van der Waals surface area contributed by atoms with Gasteiger partial charge in [-0.3, -0.25) is 9.59 Å². The van der Waals surface area contributed by atoms with Crippen LogP contribution >= 0.6 is 0 Å². The van der Waals surface area contributed by atoms with Crippen molar-refractivity contribution in [3.05, 3.63) is 48.2 Å². The van der Waals surface area contributed by atoms with Crippen molar-refractivity contribution in [2.75, 3.05) is 31.0 Å². The molecule has 130 valence electrons. The number of nitrogens with one attached hydrogen (secondary N) is 2. The average molecular weight is 341 g/mol. The van der Waals surface area contributed by atoms with Crippen LogP contribution in [-0.4, -0.2) is 37.1 Å². The zero-order valence-corrected chi connectivity index (χ0v) is 13.8. The molecular weight excluding hydrogens is 322 g/mol. The summed E-state index contributed by atoms with van der Waals surface area (Å²) in [7, 11) is 1.60. The van der Waals surface area contributed by atoms with Gasteiger partial charge in [0.05, 0.1) is 24.4 Å². The predicted octanol–water partition coefficient (Wildman–Crippen LogP) is 2.17. The monoisotopic (exact) mass is 341 g/mol. The largest absolute Gasteiger partial charge is 0.475 e. The summed E-state index contributed by atoms with van der Waals surface area (Å²) in [6, 6.07) is 10.7. The molecule has 2 amide bonds. The Morgan fingerprint density at radius 2 is 2.12 bits per heavy atom. The van der Waals surface area contributed by atoms with Crippen LogP contribution in [0.1, 0.15) is 17.9 Å². The molecule has 2 N–H and O–H groups in total. The first-order valence-corrected chi connectivity index (χ1v) is 7.95. The quantitative estimate of drug-likeness (QED) is 0.786. The van der Waals surface area contributed by atoms with E-state index in [0.29, 0.717) is 30.5 Å². The van der Waals surface area contributed by atoms with E-state index < -0.39 is 5.92 Å². The summed E-state index contributed by atoms with van der Waals surface area (Å²) >= 11 is 0. The Hall–Kier alpha value is -2.93. The highest BCUT2D eigenvalue weighted by atomic mass is 16.5. The van der Waals surface area contributed by atoms with Gasteiger partial charge >= 0.3 is 0 Å². The fourth-order valence-corrected chi connectivity index (χ4v) is 2.64. The Morgan fingerprint density at radius 3 is 2.88 bits per heavy atom. The highest BCUT2D eigenvalue weighted by Crippen LogP contribution is 2.32. The Bertz CT molecular complexity index is 761. The summed E-state index contributed by atoms with van der Waals surface area (Å²) in [5.74, 6) is -0.476. The molecule has 0 aliphatic carbocycles. The van der Waals surface area contributed by atoms with Crippen molar-refractivity contribution in [3.63, 3.8) is 0 Å². The maximum absolute atomic E-state index is 12.6. The van der Waals surface area contributed by atoms with E-state index in [1.165, 1.54) is 6.20 Å². The van der Waals surface area contributed by atoms with Gasteiger partial charge in [-0.05, 0) is 17.7 Å². The highest BCUT2D eigenvalue weighted by Gasteiger charge is 2.30. The maximum atomic E-state index is 12.6. The lowest BCUT2D eigenvalue weighted by atomic mass is 9.90. The van der Waals surface area contributed by atoms with E-state index in [0.717, 1.165) is 5.56 Å². The second-order valence-corrected chi connectivity index (χ2v) is 5.61. The van der Waals surface area contributed by atoms with Gasteiger partial charge in [0.25, 0.3) is 0 Å². The predicted molar refractivity (Wildman–Crippen MR) is 92.7 cm³/mol. The van der Waals surface area contributed by atoms with Gasteiger partial charge in [0.2, 0.25) is 17.7 Å². The van der Waals surface area contributed by atoms with E-state index in [9.17, 15) is 9.59 Å². The number of rotatable bonds is 6. The molecule has 1 aromatic carbocycles. The number of ether oxygens (including phenoxy) is 2. The summed E-state index contributed by atoms with van der Waals surface area (Å²) in [6.07, 6.45) is 1.64. The molecule has 7 nitrogen and oxygen atoms in total. The number of carbonyl (C=O) groups is 2. The van der Waals surface area contributed by atoms with Crippen molar-refractivity contribution in [2.24, 2.45) is 0 Å². The summed E-state index contributed by atoms with van der Waals surface area (Å²) in [5, 5.41) is 5.59. The van der Waals surface area contributed by atoms with Crippen molar-refractivity contribution in [1.82, 2.24) is 4.98 Å². The third-order valence-electron chi connectivity index (χ3n) is 3.86. The fourth-order valence-electron chi connectivity index (χ4n) is 2.64. The van der Waals surface area contributed by atoms with Gasteiger partial charge < -0.3 is 20.1 Å². The minimum absolute atomic E-state index is 0.120. The van der Waals surface area contributed by atoms with Crippen LogP contribution in [0.2, 0.25) is 0 Å². The number of fused-ring (bicyclic) bond motifs is 1. The molecule has 2 heterocycles. The first kappa shape index (κ1) is 16.9. The van der Waals surface area contributed by atoms with Crippen LogP contribution in [0.4, 0.5) is 11.4 Å². The van der Waals surface area contributed by atoms with Crippen LogP contribution in [-0.2, 0) is 14.3 Å². The first-order valence-electron chi connectivity index (χ1n) is 7.95. The lowest BCUT2D eigenvalue weighted by molar-refractivity contribution is -0.123. The third kappa shape index (κ3) is 4.13. The second-order valence-electron chi connectivity index (χ2n) is 5.61. The van der Waals surface area contributed by atoms with Crippen molar-refractivity contribution >= 4 is 23.2 Å². The van der Waals surface area contributed by atoms with Crippen LogP contribution in [0, 0.1) is 0 Å². The minimum Gasteiger partial charge on any atom is -0.475 e. The first-order chi connectivity index (χ1) is 12.2. The molecular formula is C18H19N3O4. The summed E-state index contributed by atoms with van der Waals surface area (Å²) in [5.41, 5.74) is 2.04. The van der Waals surface area contributed by atoms with Crippen molar-refractivity contribution in [1.29, 1.82) is 0 Å². The van der Waals surface area contributed by atoms with E-state index in [1.54, 1.807) is 25.3 Å². The number of anilines is 2. The van der Waals surface area contributed by atoms with Crippen LogP contribution < -0.4 is 15.4 Å². The normalized spacial score (nSPS) is 15.9. The smallest absolute Gasteiger partial charge is 0.232 e. The number of pyridine rings is 1. The average Bonchev–Trinajstić information content (AvgIpc) is 2.62. The molecule has 3 rings (SSSR count). The Labute approximate surface area is 145 Å². The SMILES string of the molecule is COCCOc1ccc(NC(=O)[C@H]2CC(=O)Nc3ccccc32)cn1. The number of amides is 2. The number of hydrogen-bond acceptors (Lipinski definition) is 5. The molecule has 1 aliphatic rings. The van der Waals surface area contributed by atoms with E-state index in [-0.39, 0.29) is 18.2 Å². The van der Waals surface area contributed by atoms with Crippen LogP contribution in [0.3, 0.4) is 0 Å². The molecule has 1 aromatic heterocycles. The van der Waals surface area contributed by atoms with Gasteiger partial charge in [-0.2, -0.15) is 0 Å².